The van der Waals surface area contributed by atoms with Crippen molar-refractivity contribution in [3.05, 3.63) is 42.5 Å². The molecule has 0 fully saturated rings. The average molecular weight is 711 g/mol. The highest BCUT2D eigenvalue weighted by Gasteiger charge is 2.37. The molecule has 0 aliphatic rings. The molecule has 1 heterocycles. The topological polar surface area (TPSA) is 317 Å². The molecule has 16 heteroatoms. The van der Waals surface area contributed by atoms with Crippen LogP contribution in [0, 0.1) is 0 Å². The number of aromatic hydroxyl groups is 15. The van der Waals surface area contributed by atoms with E-state index in [4.69, 9.17) is 4.42 Å². The van der Waals surface area contributed by atoms with E-state index in [2.05, 4.69) is 0 Å². The van der Waals surface area contributed by atoms with E-state index in [-0.39, 0.29) is 16.5 Å². The van der Waals surface area contributed by atoms with Crippen LogP contribution in [0.5, 0.6) is 86.2 Å². The van der Waals surface area contributed by atoms with Crippen molar-refractivity contribution in [1.82, 2.24) is 0 Å². The number of hydrogen-bond donors (Lipinski definition) is 15. The van der Waals surface area contributed by atoms with Gasteiger partial charge in [-0.15, -0.1) is 0 Å². The molecule has 0 aliphatic carbocycles. The Balaban J connectivity index is 1.76. The molecule has 8 rings (SSSR count). The average Bonchev–Trinajstić information content (AvgIpc) is 3.52. The first-order chi connectivity index (χ1) is 24.6. The van der Waals surface area contributed by atoms with Crippen LogP contribution >= 0.6 is 0 Å². The van der Waals surface area contributed by atoms with Crippen LogP contribution in [-0.2, 0) is 0 Å². The quantitative estimate of drug-likeness (QED) is 0.0558. The number of benzene rings is 7. The second-order valence-electron chi connectivity index (χ2n) is 11.9. The number of fused-ring (bicyclic) bond motifs is 6. The van der Waals surface area contributed by atoms with Gasteiger partial charge in [0.25, 0.3) is 0 Å². The van der Waals surface area contributed by atoms with Gasteiger partial charge in [0.2, 0.25) is 34.5 Å². The zero-order chi connectivity index (χ0) is 37.4. The Labute approximate surface area is 286 Å². The second-order valence-corrected chi connectivity index (χ2v) is 11.9. The normalized spacial score (nSPS) is 11.8. The van der Waals surface area contributed by atoms with Crippen LogP contribution in [0.4, 0.5) is 0 Å². The van der Waals surface area contributed by atoms with Crippen molar-refractivity contribution < 1.29 is 81.0 Å². The Morgan fingerprint density at radius 1 is 0.269 bits per heavy atom. The van der Waals surface area contributed by atoms with Gasteiger partial charge >= 0.3 is 0 Å². The van der Waals surface area contributed by atoms with Gasteiger partial charge in [-0.25, -0.2) is 0 Å². The fourth-order valence-electron chi connectivity index (χ4n) is 6.99. The van der Waals surface area contributed by atoms with Gasteiger partial charge in [-0.05, 0) is 17.7 Å². The van der Waals surface area contributed by atoms with Gasteiger partial charge in [0.1, 0.15) is 16.9 Å². The van der Waals surface area contributed by atoms with Gasteiger partial charge in [0.05, 0.1) is 16.3 Å². The van der Waals surface area contributed by atoms with Crippen LogP contribution in [0.25, 0.3) is 76.5 Å². The number of hydrogen-bond acceptors (Lipinski definition) is 16. The minimum Gasteiger partial charge on any atom is -0.506 e. The fourth-order valence-corrected chi connectivity index (χ4v) is 6.99. The summed E-state index contributed by atoms with van der Waals surface area (Å²) in [6.07, 6.45) is 0. The molecule has 0 bridgehead atoms. The summed E-state index contributed by atoms with van der Waals surface area (Å²) in [5.74, 6) is -20.2. The predicted octanol–water partition coefficient (Wildman–Crippen LogP) is 5.96. The number of furan rings is 1. The minimum atomic E-state index is -1.44. The maximum absolute atomic E-state index is 11.7. The monoisotopic (exact) mass is 710 g/mol. The Kier molecular flexibility index (Phi) is 6.08. The van der Waals surface area contributed by atoms with E-state index in [0.717, 1.165) is 0 Å². The van der Waals surface area contributed by atoms with Crippen LogP contribution in [0.2, 0.25) is 0 Å². The standard InChI is InChI=1S/C36H22O16/c37-22-19(27(42)28(43)21-20(22)29(44)35(50)36(51)30(21)45)14-17-15(23(38)31(46)33(48)25(17)40)13(16-18(14)26(41)34(49)32(47)24(16)39)9-5-3-7-11-12(9)8-4-1-2-6-10(8)52-11/h1-7,37-51H. The van der Waals surface area contributed by atoms with Crippen LogP contribution in [-0.4, -0.2) is 76.6 Å². The number of phenolic OH excluding ortho intramolecular Hbond substituents is 15. The Morgan fingerprint density at radius 2 is 0.654 bits per heavy atom. The van der Waals surface area contributed by atoms with E-state index in [1.165, 1.54) is 12.1 Å². The second kappa shape index (κ2) is 10.1. The van der Waals surface area contributed by atoms with Gasteiger partial charge in [-0.3, -0.25) is 0 Å². The Bertz CT molecular complexity index is 2880. The first-order valence-corrected chi connectivity index (χ1v) is 14.8. The summed E-state index contributed by atoms with van der Waals surface area (Å²) >= 11 is 0. The molecule has 15 N–H and O–H groups in total. The molecule has 262 valence electrons. The lowest BCUT2D eigenvalue weighted by Crippen LogP contribution is -1.96. The molecule has 16 nitrogen and oxygen atoms in total. The van der Waals surface area contributed by atoms with Crippen molar-refractivity contribution in [2.24, 2.45) is 0 Å². The lowest BCUT2D eigenvalue weighted by atomic mass is 9.81. The molecule has 0 aliphatic heterocycles. The fraction of sp³-hybridized carbons (Fsp3) is 0. The first kappa shape index (κ1) is 31.4. The molecule has 1 aromatic heterocycles. The minimum absolute atomic E-state index is 0.0151. The molecule has 0 saturated heterocycles. The van der Waals surface area contributed by atoms with Crippen LogP contribution in [0.1, 0.15) is 0 Å². The van der Waals surface area contributed by atoms with Crippen molar-refractivity contribution in [3.63, 3.8) is 0 Å². The summed E-state index contributed by atoms with van der Waals surface area (Å²) in [7, 11) is 0. The van der Waals surface area contributed by atoms with E-state index in [9.17, 15) is 76.6 Å². The molecule has 0 unspecified atom stereocenters. The summed E-state index contributed by atoms with van der Waals surface area (Å²) in [4.78, 5) is 0. The van der Waals surface area contributed by atoms with Gasteiger partial charge < -0.3 is 81.0 Å². The number of para-hydroxylation sites is 1. The molecule has 8 aromatic rings. The van der Waals surface area contributed by atoms with Gasteiger partial charge in [0, 0.05) is 43.4 Å². The molecule has 7 aromatic carbocycles. The maximum atomic E-state index is 11.7. The molecular formula is C36H22O16. The Morgan fingerprint density at radius 3 is 1.15 bits per heavy atom. The molecule has 0 saturated carbocycles. The molecule has 0 amide bonds. The summed E-state index contributed by atoms with van der Waals surface area (Å²) in [6, 6.07) is 11.1. The van der Waals surface area contributed by atoms with Crippen LogP contribution in [0.3, 0.4) is 0 Å². The summed E-state index contributed by atoms with van der Waals surface area (Å²) < 4.78 is 5.97. The van der Waals surface area contributed by atoms with Crippen LogP contribution in [0.15, 0.2) is 46.9 Å². The summed E-state index contributed by atoms with van der Waals surface area (Å²) in [5, 5.41) is 161. The molecular weight excluding hydrogens is 688 g/mol. The van der Waals surface area contributed by atoms with E-state index in [1.54, 1.807) is 30.3 Å². The Hall–Kier alpha value is -7.88. The lowest BCUT2D eigenvalue weighted by molar-refractivity contribution is 0.347. The highest BCUT2D eigenvalue weighted by atomic mass is 16.4. The van der Waals surface area contributed by atoms with Gasteiger partial charge in [-0.2, -0.15) is 0 Å². The van der Waals surface area contributed by atoms with Crippen molar-refractivity contribution in [2.45, 2.75) is 0 Å². The molecule has 0 radical (unpaired) electrons. The first-order valence-electron chi connectivity index (χ1n) is 14.8. The van der Waals surface area contributed by atoms with Crippen molar-refractivity contribution in [2.75, 3.05) is 0 Å². The third-order valence-electron chi connectivity index (χ3n) is 9.28. The number of rotatable bonds is 2. The number of phenols is 15. The molecule has 52 heavy (non-hydrogen) atoms. The lowest BCUT2D eigenvalue weighted by Gasteiger charge is -2.24. The van der Waals surface area contributed by atoms with E-state index in [1.807, 2.05) is 0 Å². The predicted molar refractivity (Wildman–Crippen MR) is 182 cm³/mol. The third kappa shape index (κ3) is 3.58. The summed E-state index contributed by atoms with van der Waals surface area (Å²) in [6.45, 7) is 0. The molecule has 0 atom stereocenters. The SMILES string of the molecule is Oc1c(O)c(O)c2c(O)c(-c3c4c(O)c(O)c(O)c(O)c4c(-c4cccc5oc6ccccc6c45)c4c(O)c(O)c(O)c(O)c34)c(O)c(O)c2c1O. The maximum Gasteiger partial charge on any atom is 0.205 e. The van der Waals surface area contributed by atoms with E-state index in [0.29, 0.717) is 11.0 Å². The van der Waals surface area contributed by atoms with Gasteiger partial charge in [-0.1, -0.05) is 30.3 Å². The van der Waals surface area contributed by atoms with Crippen molar-refractivity contribution in [3.8, 4) is 108 Å². The van der Waals surface area contributed by atoms with E-state index < -0.39 is 135 Å². The van der Waals surface area contributed by atoms with E-state index >= 15 is 0 Å². The summed E-state index contributed by atoms with van der Waals surface area (Å²) in [5.41, 5.74) is -1.91. The zero-order valence-electron chi connectivity index (χ0n) is 25.7. The smallest absolute Gasteiger partial charge is 0.205 e. The van der Waals surface area contributed by atoms with Crippen molar-refractivity contribution >= 4 is 54.3 Å². The highest BCUT2D eigenvalue weighted by Crippen LogP contribution is 2.66. The largest absolute Gasteiger partial charge is 0.506 e. The zero-order valence-corrected chi connectivity index (χ0v) is 25.7. The molecule has 0 spiro atoms. The highest BCUT2D eigenvalue weighted by molar-refractivity contribution is 6.32. The third-order valence-corrected chi connectivity index (χ3v) is 9.28. The van der Waals surface area contributed by atoms with Crippen molar-refractivity contribution in [1.29, 1.82) is 0 Å². The van der Waals surface area contributed by atoms with Gasteiger partial charge in [0.15, 0.2) is 46.0 Å². The van der Waals surface area contributed by atoms with Crippen LogP contribution < -0.4 is 0 Å².